The molecule has 2 aromatic rings. The standard InChI is InChI=1S/C25H26BrNO6/c1-3-32-17-9-6-15(7-10-17)22-21(23(28)16-8-11-20(31-2)19(26)13-16)24(29)25(30)27(22)14-18-5-4-12-33-18/h6-11,13,18,22,28H,3-5,12,14H2,1-2H3/b23-21-. The van der Waals surface area contributed by atoms with E-state index < -0.39 is 17.7 Å². The van der Waals surface area contributed by atoms with Crippen LogP contribution in [-0.4, -0.2) is 54.7 Å². The SMILES string of the molecule is CCOc1ccc(C2/C(=C(/O)c3ccc(OC)c(Br)c3)C(=O)C(=O)N2CC2CCCO2)cc1. The zero-order valence-corrected chi connectivity index (χ0v) is 20.1. The lowest BCUT2D eigenvalue weighted by Gasteiger charge is -2.27. The molecular weight excluding hydrogens is 490 g/mol. The van der Waals surface area contributed by atoms with Crippen LogP contribution in [0.1, 0.15) is 36.9 Å². The van der Waals surface area contributed by atoms with Crippen molar-refractivity contribution in [2.24, 2.45) is 0 Å². The van der Waals surface area contributed by atoms with Crippen molar-refractivity contribution < 1.29 is 28.9 Å². The minimum Gasteiger partial charge on any atom is -0.507 e. The Kier molecular flexibility index (Phi) is 7.05. The predicted octanol–water partition coefficient (Wildman–Crippen LogP) is 4.46. The van der Waals surface area contributed by atoms with E-state index in [0.717, 1.165) is 12.8 Å². The molecule has 2 heterocycles. The second-order valence-corrected chi connectivity index (χ2v) is 8.79. The van der Waals surface area contributed by atoms with Gasteiger partial charge in [0.05, 0.1) is 35.9 Å². The van der Waals surface area contributed by atoms with Crippen molar-refractivity contribution in [1.82, 2.24) is 4.90 Å². The molecule has 0 spiro atoms. The van der Waals surface area contributed by atoms with E-state index in [-0.39, 0.29) is 24.0 Å². The zero-order chi connectivity index (χ0) is 23.5. The van der Waals surface area contributed by atoms with E-state index in [9.17, 15) is 14.7 Å². The Morgan fingerprint density at radius 3 is 2.58 bits per heavy atom. The number of benzene rings is 2. The molecule has 2 aliphatic rings. The number of carbonyl (C=O) groups excluding carboxylic acids is 2. The predicted molar refractivity (Wildman–Crippen MR) is 126 cm³/mol. The molecule has 2 atom stereocenters. The van der Waals surface area contributed by atoms with Crippen molar-refractivity contribution in [2.75, 3.05) is 26.9 Å². The number of carbonyl (C=O) groups is 2. The maximum absolute atomic E-state index is 13.2. The van der Waals surface area contributed by atoms with Gasteiger partial charge in [-0.3, -0.25) is 9.59 Å². The second-order valence-electron chi connectivity index (χ2n) is 7.94. The number of methoxy groups -OCH3 is 1. The Hall–Kier alpha value is -2.84. The van der Waals surface area contributed by atoms with Crippen LogP contribution in [0.3, 0.4) is 0 Å². The Morgan fingerprint density at radius 1 is 1.21 bits per heavy atom. The van der Waals surface area contributed by atoms with Gasteiger partial charge in [0, 0.05) is 18.7 Å². The third kappa shape index (κ3) is 4.63. The summed E-state index contributed by atoms with van der Waals surface area (Å²) >= 11 is 3.41. The molecule has 1 amide bonds. The first-order valence-corrected chi connectivity index (χ1v) is 11.7. The Bertz CT molecular complexity index is 1070. The van der Waals surface area contributed by atoms with Crippen molar-refractivity contribution in [2.45, 2.75) is 31.9 Å². The van der Waals surface area contributed by atoms with Crippen molar-refractivity contribution in [1.29, 1.82) is 0 Å². The van der Waals surface area contributed by atoms with Crippen LogP contribution < -0.4 is 9.47 Å². The fourth-order valence-corrected chi connectivity index (χ4v) is 4.85. The summed E-state index contributed by atoms with van der Waals surface area (Å²) in [5.41, 5.74) is 1.18. The number of ether oxygens (including phenoxy) is 3. The van der Waals surface area contributed by atoms with Crippen LogP contribution >= 0.6 is 15.9 Å². The van der Waals surface area contributed by atoms with Gasteiger partial charge in [0.25, 0.3) is 11.7 Å². The molecule has 0 bridgehead atoms. The highest BCUT2D eigenvalue weighted by molar-refractivity contribution is 9.10. The highest BCUT2D eigenvalue weighted by Gasteiger charge is 2.47. The largest absolute Gasteiger partial charge is 0.507 e. The van der Waals surface area contributed by atoms with Crippen LogP contribution in [0.2, 0.25) is 0 Å². The number of amides is 1. The lowest BCUT2D eigenvalue weighted by atomic mass is 9.95. The molecular formula is C25H26BrNO6. The number of Topliss-reactive ketones (excluding diaryl/α,β-unsaturated/α-hetero) is 1. The third-order valence-electron chi connectivity index (χ3n) is 5.90. The van der Waals surface area contributed by atoms with Crippen molar-refractivity contribution in [3.63, 3.8) is 0 Å². The highest BCUT2D eigenvalue weighted by atomic mass is 79.9. The van der Waals surface area contributed by atoms with Gasteiger partial charge in [-0.25, -0.2) is 0 Å². The Labute approximate surface area is 201 Å². The number of halogens is 1. The van der Waals surface area contributed by atoms with Gasteiger partial charge in [-0.1, -0.05) is 12.1 Å². The molecule has 2 aromatic carbocycles. The maximum Gasteiger partial charge on any atom is 0.295 e. The quantitative estimate of drug-likeness (QED) is 0.333. The molecule has 0 radical (unpaired) electrons. The molecule has 2 fully saturated rings. The first-order valence-electron chi connectivity index (χ1n) is 10.9. The van der Waals surface area contributed by atoms with Gasteiger partial charge in [-0.2, -0.15) is 0 Å². The number of aliphatic hydroxyl groups is 1. The molecule has 174 valence electrons. The van der Waals surface area contributed by atoms with Crippen molar-refractivity contribution in [3.8, 4) is 11.5 Å². The molecule has 0 aromatic heterocycles. The molecule has 2 aliphatic heterocycles. The van der Waals surface area contributed by atoms with E-state index in [2.05, 4.69) is 15.9 Å². The van der Waals surface area contributed by atoms with Gasteiger partial charge in [0.2, 0.25) is 0 Å². The minimum atomic E-state index is -0.731. The zero-order valence-electron chi connectivity index (χ0n) is 18.5. The molecule has 1 N–H and O–H groups in total. The summed E-state index contributed by atoms with van der Waals surface area (Å²) in [6.45, 7) is 3.36. The maximum atomic E-state index is 13.2. The van der Waals surface area contributed by atoms with Gasteiger partial charge in [0.1, 0.15) is 17.3 Å². The minimum absolute atomic E-state index is 0.0548. The molecule has 8 heteroatoms. The van der Waals surface area contributed by atoms with E-state index in [1.165, 1.54) is 4.90 Å². The third-order valence-corrected chi connectivity index (χ3v) is 6.52. The number of aliphatic hydroxyl groups excluding tert-OH is 1. The van der Waals surface area contributed by atoms with Crippen LogP contribution in [0.15, 0.2) is 52.5 Å². The molecule has 0 aliphatic carbocycles. The molecule has 2 saturated heterocycles. The number of nitrogens with zero attached hydrogens (tertiary/aromatic N) is 1. The number of hydrogen-bond donors (Lipinski definition) is 1. The molecule has 4 rings (SSSR count). The summed E-state index contributed by atoms with van der Waals surface area (Å²) < 4.78 is 17.1. The summed E-state index contributed by atoms with van der Waals surface area (Å²) in [5.74, 6) is -0.301. The van der Waals surface area contributed by atoms with E-state index in [4.69, 9.17) is 14.2 Å². The van der Waals surface area contributed by atoms with Crippen LogP contribution in [0.5, 0.6) is 11.5 Å². The van der Waals surface area contributed by atoms with Gasteiger partial charge >= 0.3 is 0 Å². The lowest BCUT2D eigenvalue weighted by molar-refractivity contribution is -0.140. The smallest absolute Gasteiger partial charge is 0.295 e. The summed E-state index contributed by atoms with van der Waals surface area (Å²) in [7, 11) is 1.54. The van der Waals surface area contributed by atoms with Crippen LogP contribution in [0, 0.1) is 0 Å². The first-order chi connectivity index (χ1) is 15.9. The molecule has 0 saturated carbocycles. The van der Waals surface area contributed by atoms with E-state index in [1.807, 2.05) is 19.1 Å². The molecule has 33 heavy (non-hydrogen) atoms. The number of rotatable bonds is 7. The second kappa shape index (κ2) is 9.97. The Morgan fingerprint density at radius 2 is 1.97 bits per heavy atom. The number of hydrogen-bond acceptors (Lipinski definition) is 6. The lowest BCUT2D eigenvalue weighted by Crippen LogP contribution is -2.36. The number of likely N-dealkylation sites (tertiary alicyclic amines) is 1. The van der Waals surface area contributed by atoms with E-state index in [0.29, 0.717) is 40.3 Å². The topological polar surface area (TPSA) is 85.3 Å². The van der Waals surface area contributed by atoms with E-state index >= 15 is 0 Å². The first kappa shape index (κ1) is 23.3. The van der Waals surface area contributed by atoms with Gasteiger partial charge < -0.3 is 24.2 Å². The highest BCUT2D eigenvalue weighted by Crippen LogP contribution is 2.41. The fraction of sp³-hybridized carbons (Fsp3) is 0.360. The van der Waals surface area contributed by atoms with Gasteiger partial charge in [-0.05, 0) is 71.6 Å². The molecule has 2 unspecified atom stereocenters. The average molecular weight is 516 g/mol. The van der Waals surface area contributed by atoms with Crippen molar-refractivity contribution >= 4 is 33.4 Å². The normalized spacial score (nSPS) is 22.1. The summed E-state index contributed by atoms with van der Waals surface area (Å²) in [5, 5.41) is 11.2. The average Bonchev–Trinajstić information content (AvgIpc) is 3.42. The summed E-state index contributed by atoms with van der Waals surface area (Å²) in [4.78, 5) is 27.7. The van der Waals surface area contributed by atoms with Crippen LogP contribution in [-0.2, 0) is 14.3 Å². The van der Waals surface area contributed by atoms with Gasteiger partial charge in [0.15, 0.2) is 0 Å². The Balaban J connectivity index is 1.80. The summed E-state index contributed by atoms with van der Waals surface area (Å²) in [6, 6.07) is 11.5. The summed E-state index contributed by atoms with van der Waals surface area (Å²) in [6.07, 6.45) is 1.61. The van der Waals surface area contributed by atoms with E-state index in [1.54, 1.807) is 37.4 Å². The number of ketones is 1. The fourth-order valence-electron chi connectivity index (χ4n) is 4.30. The van der Waals surface area contributed by atoms with Crippen LogP contribution in [0.4, 0.5) is 0 Å². The monoisotopic (exact) mass is 515 g/mol. The van der Waals surface area contributed by atoms with Gasteiger partial charge in [-0.15, -0.1) is 0 Å². The van der Waals surface area contributed by atoms with Crippen molar-refractivity contribution in [3.05, 3.63) is 63.6 Å². The van der Waals surface area contributed by atoms with Crippen LogP contribution in [0.25, 0.3) is 5.76 Å². The molecule has 7 nitrogen and oxygen atoms in total.